The number of aliphatic hydroxyl groups is 1. The first-order valence-corrected chi connectivity index (χ1v) is 7.00. The summed E-state index contributed by atoms with van der Waals surface area (Å²) in [4.78, 5) is 0. The van der Waals surface area contributed by atoms with Gasteiger partial charge in [-0.05, 0) is 18.6 Å². The van der Waals surface area contributed by atoms with Crippen molar-refractivity contribution < 1.29 is 9.63 Å². The fourth-order valence-electron chi connectivity index (χ4n) is 2.36. The van der Waals surface area contributed by atoms with Crippen molar-refractivity contribution in [2.75, 3.05) is 0 Å². The summed E-state index contributed by atoms with van der Waals surface area (Å²) >= 11 is 6.21. The maximum absolute atomic E-state index is 9.75. The van der Waals surface area contributed by atoms with Crippen LogP contribution in [0.4, 0.5) is 0 Å². The molecule has 4 heteroatoms. The number of aromatic nitrogens is 1. The Balaban J connectivity index is 2.19. The van der Waals surface area contributed by atoms with Crippen molar-refractivity contribution in [3.8, 4) is 22.6 Å². The molecule has 1 aromatic heterocycles. The van der Waals surface area contributed by atoms with E-state index < -0.39 is 0 Å². The Kier molecular flexibility index (Phi) is 3.78. The van der Waals surface area contributed by atoms with Gasteiger partial charge in [-0.2, -0.15) is 0 Å². The molecule has 0 saturated heterocycles. The van der Waals surface area contributed by atoms with Crippen LogP contribution in [-0.2, 0) is 6.61 Å². The highest BCUT2D eigenvalue weighted by molar-refractivity contribution is 6.33. The van der Waals surface area contributed by atoms with Gasteiger partial charge < -0.3 is 9.63 Å². The summed E-state index contributed by atoms with van der Waals surface area (Å²) in [6.07, 6.45) is 0. The van der Waals surface area contributed by atoms with Crippen molar-refractivity contribution in [1.82, 2.24) is 5.16 Å². The highest BCUT2D eigenvalue weighted by atomic mass is 35.5. The molecule has 3 aromatic rings. The third-order valence-corrected chi connectivity index (χ3v) is 3.79. The lowest BCUT2D eigenvalue weighted by Crippen LogP contribution is -1.91. The molecule has 106 valence electrons. The van der Waals surface area contributed by atoms with E-state index in [0.717, 1.165) is 16.7 Å². The zero-order chi connectivity index (χ0) is 14.8. The molecule has 0 aliphatic rings. The molecule has 0 aliphatic heterocycles. The minimum Gasteiger partial charge on any atom is -0.391 e. The molecule has 1 N–H and O–H groups in total. The molecule has 0 spiro atoms. The highest BCUT2D eigenvalue weighted by Crippen LogP contribution is 2.36. The summed E-state index contributed by atoms with van der Waals surface area (Å²) in [5.74, 6) is 0.588. The molecule has 0 amide bonds. The molecule has 0 unspecified atom stereocenters. The van der Waals surface area contributed by atoms with Crippen LogP contribution in [0.2, 0.25) is 5.02 Å². The molecule has 0 atom stereocenters. The minimum atomic E-state index is -0.159. The molecule has 0 bridgehead atoms. The average molecular weight is 300 g/mol. The molecule has 0 saturated carbocycles. The van der Waals surface area contributed by atoms with Crippen LogP contribution in [0.15, 0.2) is 53.1 Å². The first kappa shape index (κ1) is 13.9. The van der Waals surface area contributed by atoms with Crippen molar-refractivity contribution >= 4 is 11.6 Å². The summed E-state index contributed by atoms with van der Waals surface area (Å²) in [5.41, 5.74) is 3.98. The Bertz CT molecular complexity index is 717. The van der Waals surface area contributed by atoms with E-state index in [9.17, 15) is 5.11 Å². The van der Waals surface area contributed by atoms with Crippen molar-refractivity contribution in [3.05, 3.63) is 64.7 Å². The monoisotopic (exact) mass is 299 g/mol. The average Bonchev–Trinajstić information content (AvgIpc) is 2.91. The zero-order valence-electron chi connectivity index (χ0n) is 11.5. The molecular weight excluding hydrogens is 286 g/mol. The smallest absolute Gasteiger partial charge is 0.173 e. The fourth-order valence-corrected chi connectivity index (χ4v) is 2.59. The van der Waals surface area contributed by atoms with Gasteiger partial charge >= 0.3 is 0 Å². The predicted octanol–water partition coefficient (Wildman–Crippen LogP) is 4.46. The van der Waals surface area contributed by atoms with Gasteiger partial charge in [0.15, 0.2) is 5.76 Å². The van der Waals surface area contributed by atoms with Gasteiger partial charge in [-0.15, -0.1) is 0 Å². The number of nitrogens with zero attached hydrogens (tertiary/aromatic N) is 1. The minimum absolute atomic E-state index is 0.159. The summed E-state index contributed by atoms with van der Waals surface area (Å²) in [5, 5.41) is 14.4. The standard InChI is InChI=1S/C17H14ClNO2/c1-11-6-2-3-7-12(11)17-14(10-20)16(19-21-17)13-8-4-5-9-15(13)18/h2-9,20H,10H2,1H3. The summed E-state index contributed by atoms with van der Waals surface area (Å²) < 4.78 is 5.49. The second-order valence-corrected chi connectivity index (χ2v) is 5.20. The molecule has 0 fully saturated rings. The number of hydrogen-bond acceptors (Lipinski definition) is 3. The quantitative estimate of drug-likeness (QED) is 0.776. The number of benzene rings is 2. The number of aliphatic hydroxyl groups excluding tert-OH is 1. The van der Waals surface area contributed by atoms with Crippen LogP contribution in [0.3, 0.4) is 0 Å². The van der Waals surface area contributed by atoms with Crippen molar-refractivity contribution in [3.63, 3.8) is 0 Å². The Morgan fingerprint density at radius 1 is 1.05 bits per heavy atom. The summed E-state index contributed by atoms with van der Waals surface area (Å²) in [6.45, 7) is 1.84. The largest absolute Gasteiger partial charge is 0.391 e. The van der Waals surface area contributed by atoms with Crippen LogP contribution in [0, 0.1) is 6.92 Å². The second-order valence-electron chi connectivity index (χ2n) is 4.79. The predicted molar refractivity (Wildman–Crippen MR) is 83.0 cm³/mol. The van der Waals surface area contributed by atoms with Gasteiger partial charge in [-0.3, -0.25) is 0 Å². The zero-order valence-corrected chi connectivity index (χ0v) is 12.3. The molecule has 3 rings (SSSR count). The maximum atomic E-state index is 9.75. The number of aryl methyl sites for hydroxylation is 1. The third kappa shape index (κ3) is 2.46. The normalized spacial score (nSPS) is 10.8. The molecule has 0 aliphatic carbocycles. The Morgan fingerprint density at radius 2 is 1.71 bits per heavy atom. The number of hydrogen-bond donors (Lipinski definition) is 1. The molecule has 3 nitrogen and oxygen atoms in total. The van der Waals surface area contributed by atoms with E-state index in [4.69, 9.17) is 16.1 Å². The van der Waals surface area contributed by atoms with E-state index in [1.165, 1.54) is 0 Å². The first-order chi connectivity index (χ1) is 10.2. The Labute approximate surface area is 127 Å². The first-order valence-electron chi connectivity index (χ1n) is 6.62. The maximum Gasteiger partial charge on any atom is 0.173 e. The van der Waals surface area contributed by atoms with Gasteiger partial charge in [0.2, 0.25) is 0 Å². The van der Waals surface area contributed by atoms with Crippen LogP contribution in [0.1, 0.15) is 11.1 Å². The third-order valence-electron chi connectivity index (χ3n) is 3.46. The number of rotatable bonds is 3. The van der Waals surface area contributed by atoms with Gasteiger partial charge in [0.05, 0.1) is 17.2 Å². The van der Waals surface area contributed by atoms with E-state index in [1.807, 2.05) is 49.4 Å². The van der Waals surface area contributed by atoms with E-state index in [2.05, 4.69) is 5.16 Å². The van der Waals surface area contributed by atoms with E-state index >= 15 is 0 Å². The fraction of sp³-hybridized carbons (Fsp3) is 0.118. The van der Waals surface area contributed by atoms with Gasteiger partial charge in [-0.1, -0.05) is 59.2 Å². The highest BCUT2D eigenvalue weighted by Gasteiger charge is 2.20. The van der Waals surface area contributed by atoms with Gasteiger partial charge in [0, 0.05) is 11.1 Å². The molecule has 2 aromatic carbocycles. The van der Waals surface area contributed by atoms with Crippen LogP contribution in [0.25, 0.3) is 22.6 Å². The molecule has 1 heterocycles. The topological polar surface area (TPSA) is 46.3 Å². The van der Waals surface area contributed by atoms with Crippen molar-refractivity contribution in [2.24, 2.45) is 0 Å². The molecular formula is C17H14ClNO2. The lowest BCUT2D eigenvalue weighted by molar-refractivity contribution is 0.281. The molecule has 0 radical (unpaired) electrons. The van der Waals surface area contributed by atoms with Crippen molar-refractivity contribution in [2.45, 2.75) is 13.5 Å². The number of halogens is 1. The SMILES string of the molecule is Cc1ccccc1-c1onc(-c2ccccc2Cl)c1CO. The lowest BCUT2D eigenvalue weighted by Gasteiger charge is -2.05. The van der Waals surface area contributed by atoms with Gasteiger partial charge in [0.1, 0.15) is 5.69 Å². The van der Waals surface area contributed by atoms with Crippen LogP contribution in [-0.4, -0.2) is 10.3 Å². The molecule has 21 heavy (non-hydrogen) atoms. The van der Waals surface area contributed by atoms with E-state index in [1.54, 1.807) is 6.07 Å². The summed E-state index contributed by atoms with van der Waals surface area (Å²) in [6, 6.07) is 15.2. The van der Waals surface area contributed by atoms with E-state index in [-0.39, 0.29) is 6.61 Å². The lowest BCUT2D eigenvalue weighted by atomic mass is 10.00. The Morgan fingerprint density at radius 3 is 2.38 bits per heavy atom. The second kappa shape index (κ2) is 5.72. The summed E-state index contributed by atoms with van der Waals surface area (Å²) in [7, 11) is 0. The van der Waals surface area contributed by atoms with Crippen molar-refractivity contribution in [1.29, 1.82) is 0 Å². The van der Waals surface area contributed by atoms with Gasteiger partial charge in [0.25, 0.3) is 0 Å². The van der Waals surface area contributed by atoms with Crippen LogP contribution < -0.4 is 0 Å². The van der Waals surface area contributed by atoms with E-state index in [0.29, 0.717) is 22.0 Å². The van der Waals surface area contributed by atoms with Crippen LogP contribution >= 0.6 is 11.6 Å². The van der Waals surface area contributed by atoms with Crippen LogP contribution in [0.5, 0.6) is 0 Å². The Hall–Kier alpha value is -2.10. The van der Waals surface area contributed by atoms with Gasteiger partial charge in [-0.25, -0.2) is 0 Å².